The Labute approximate surface area is 176 Å². The molecule has 1 fully saturated rings. The van der Waals surface area contributed by atoms with Gasteiger partial charge in [0, 0.05) is 32.7 Å². The average Bonchev–Trinajstić information content (AvgIpc) is 3.12. The Balaban J connectivity index is 1.33. The molecule has 0 spiro atoms. The summed E-state index contributed by atoms with van der Waals surface area (Å²) in [7, 11) is 0. The second kappa shape index (κ2) is 9.33. The molecule has 152 valence electrons. The van der Waals surface area contributed by atoms with Gasteiger partial charge in [0.1, 0.15) is 0 Å². The van der Waals surface area contributed by atoms with Gasteiger partial charge in [-0.05, 0) is 29.7 Å². The van der Waals surface area contributed by atoms with Gasteiger partial charge in [0.15, 0.2) is 5.69 Å². The fourth-order valence-corrected chi connectivity index (χ4v) is 3.68. The molecule has 0 unspecified atom stereocenters. The van der Waals surface area contributed by atoms with Crippen molar-refractivity contribution in [1.29, 1.82) is 5.26 Å². The van der Waals surface area contributed by atoms with Crippen LogP contribution in [0.4, 0.5) is 0 Å². The Morgan fingerprint density at radius 2 is 1.70 bits per heavy atom. The predicted octanol–water partition coefficient (Wildman–Crippen LogP) is 2.55. The Morgan fingerprint density at radius 3 is 2.47 bits per heavy atom. The zero-order chi connectivity index (χ0) is 20.8. The normalized spacial score (nSPS) is 14.8. The molecule has 0 radical (unpaired) electrons. The van der Waals surface area contributed by atoms with E-state index < -0.39 is 0 Å². The minimum atomic E-state index is -0.0606. The molecule has 1 amide bonds. The summed E-state index contributed by atoms with van der Waals surface area (Å²) in [6, 6.07) is 19.8. The minimum Gasteiger partial charge on any atom is -0.336 e. The van der Waals surface area contributed by atoms with E-state index in [2.05, 4.69) is 21.3 Å². The highest BCUT2D eigenvalue weighted by Crippen LogP contribution is 2.12. The van der Waals surface area contributed by atoms with Crippen molar-refractivity contribution in [2.45, 2.75) is 19.5 Å². The number of carbonyl (C=O) groups excluding carboxylic acids is 1. The molecule has 1 saturated heterocycles. The number of nitriles is 1. The maximum atomic E-state index is 12.9. The molecule has 3 aromatic rings. The maximum Gasteiger partial charge on any atom is 0.276 e. The number of nitrogens with zero attached hydrogens (tertiary/aromatic N) is 6. The number of rotatable bonds is 5. The van der Waals surface area contributed by atoms with Crippen molar-refractivity contribution >= 4 is 5.91 Å². The molecule has 0 atom stereocenters. The topological polar surface area (TPSA) is 78.0 Å². The monoisotopic (exact) mass is 400 g/mol. The Bertz CT molecular complexity index is 1020. The molecule has 2 aromatic carbocycles. The molecular formula is C23H24N6O. The highest BCUT2D eigenvalue weighted by molar-refractivity contribution is 5.91. The zero-order valence-corrected chi connectivity index (χ0v) is 16.8. The first-order valence-corrected chi connectivity index (χ1v) is 10.2. The van der Waals surface area contributed by atoms with Gasteiger partial charge in [-0.15, -0.1) is 5.10 Å². The summed E-state index contributed by atoms with van der Waals surface area (Å²) in [6.45, 7) is 4.55. The Kier molecular flexibility index (Phi) is 6.16. The van der Waals surface area contributed by atoms with E-state index in [0.717, 1.165) is 31.6 Å². The van der Waals surface area contributed by atoms with E-state index in [1.807, 2.05) is 59.5 Å². The molecule has 0 bridgehead atoms. The standard InChI is InChI=1S/C23H24N6O/c24-15-19-7-9-21(10-8-19)16-27-11-4-12-28(14-13-27)23(30)22-18-29(26-25-22)17-20-5-2-1-3-6-20/h1-3,5-10,18H,4,11-14,16-17H2. The summed E-state index contributed by atoms with van der Waals surface area (Å²) in [4.78, 5) is 17.1. The lowest BCUT2D eigenvalue weighted by molar-refractivity contribution is 0.0755. The maximum absolute atomic E-state index is 12.9. The summed E-state index contributed by atoms with van der Waals surface area (Å²) >= 11 is 0. The van der Waals surface area contributed by atoms with E-state index in [1.54, 1.807) is 10.9 Å². The van der Waals surface area contributed by atoms with Crippen molar-refractivity contribution in [2.24, 2.45) is 0 Å². The summed E-state index contributed by atoms with van der Waals surface area (Å²) in [5, 5.41) is 17.2. The Hall–Kier alpha value is -3.50. The minimum absolute atomic E-state index is 0.0606. The summed E-state index contributed by atoms with van der Waals surface area (Å²) in [5.41, 5.74) is 3.37. The lowest BCUT2D eigenvalue weighted by atomic mass is 10.1. The number of hydrogen-bond donors (Lipinski definition) is 0. The molecule has 30 heavy (non-hydrogen) atoms. The van der Waals surface area contributed by atoms with Gasteiger partial charge in [-0.2, -0.15) is 5.26 Å². The second-order valence-electron chi connectivity index (χ2n) is 7.52. The van der Waals surface area contributed by atoms with Gasteiger partial charge in [-0.25, -0.2) is 4.68 Å². The average molecular weight is 400 g/mol. The van der Waals surface area contributed by atoms with Crippen LogP contribution < -0.4 is 0 Å². The molecule has 7 nitrogen and oxygen atoms in total. The van der Waals surface area contributed by atoms with Crippen molar-refractivity contribution in [3.8, 4) is 6.07 Å². The molecule has 4 rings (SSSR count). The van der Waals surface area contributed by atoms with Crippen LogP contribution in [-0.2, 0) is 13.1 Å². The van der Waals surface area contributed by atoms with Crippen LogP contribution in [0.5, 0.6) is 0 Å². The lowest BCUT2D eigenvalue weighted by Crippen LogP contribution is -2.35. The number of amides is 1. The summed E-state index contributed by atoms with van der Waals surface area (Å²) in [6.07, 6.45) is 2.65. The first kappa shape index (κ1) is 19.8. The molecule has 7 heteroatoms. The number of benzene rings is 2. The van der Waals surface area contributed by atoms with Gasteiger partial charge in [-0.3, -0.25) is 9.69 Å². The van der Waals surface area contributed by atoms with Crippen molar-refractivity contribution in [3.63, 3.8) is 0 Å². The third-order valence-electron chi connectivity index (χ3n) is 5.31. The molecule has 0 saturated carbocycles. The van der Waals surface area contributed by atoms with Crippen LogP contribution >= 0.6 is 0 Å². The third kappa shape index (κ3) is 4.91. The molecule has 0 aliphatic carbocycles. The number of carbonyl (C=O) groups is 1. The quantitative estimate of drug-likeness (QED) is 0.658. The van der Waals surface area contributed by atoms with Crippen LogP contribution in [0.15, 0.2) is 60.8 Å². The highest BCUT2D eigenvalue weighted by atomic mass is 16.2. The van der Waals surface area contributed by atoms with Crippen LogP contribution in [0.25, 0.3) is 0 Å². The van der Waals surface area contributed by atoms with E-state index in [0.29, 0.717) is 30.9 Å². The van der Waals surface area contributed by atoms with E-state index in [-0.39, 0.29) is 5.91 Å². The van der Waals surface area contributed by atoms with Crippen molar-refractivity contribution in [2.75, 3.05) is 26.2 Å². The van der Waals surface area contributed by atoms with E-state index in [9.17, 15) is 4.79 Å². The number of hydrogen-bond acceptors (Lipinski definition) is 5. The first-order chi connectivity index (χ1) is 14.7. The van der Waals surface area contributed by atoms with E-state index in [4.69, 9.17) is 5.26 Å². The second-order valence-corrected chi connectivity index (χ2v) is 7.52. The van der Waals surface area contributed by atoms with Crippen LogP contribution in [0.3, 0.4) is 0 Å². The van der Waals surface area contributed by atoms with Gasteiger partial charge >= 0.3 is 0 Å². The summed E-state index contributed by atoms with van der Waals surface area (Å²) in [5.74, 6) is -0.0606. The van der Waals surface area contributed by atoms with Gasteiger partial charge in [-0.1, -0.05) is 47.7 Å². The molecule has 1 aliphatic rings. The van der Waals surface area contributed by atoms with E-state index in [1.165, 1.54) is 5.56 Å². The van der Waals surface area contributed by atoms with Gasteiger partial charge in [0.25, 0.3) is 5.91 Å². The smallest absolute Gasteiger partial charge is 0.276 e. The fourth-order valence-electron chi connectivity index (χ4n) is 3.68. The van der Waals surface area contributed by atoms with Crippen LogP contribution in [0, 0.1) is 11.3 Å². The van der Waals surface area contributed by atoms with Crippen molar-refractivity contribution in [3.05, 3.63) is 83.2 Å². The van der Waals surface area contributed by atoms with Crippen LogP contribution in [0.2, 0.25) is 0 Å². The predicted molar refractivity (Wildman–Crippen MR) is 113 cm³/mol. The lowest BCUT2D eigenvalue weighted by Gasteiger charge is -2.21. The molecule has 0 N–H and O–H groups in total. The molecule has 2 heterocycles. The fraction of sp³-hybridized carbons (Fsp3) is 0.304. The van der Waals surface area contributed by atoms with Gasteiger partial charge in [0.2, 0.25) is 0 Å². The highest BCUT2D eigenvalue weighted by Gasteiger charge is 2.22. The molecular weight excluding hydrogens is 376 g/mol. The van der Waals surface area contributed by atoms with Gasteiger partial charge < -0.3 is 4.90 Å². The number of aromatic nitrogens is 3. The first-order valence-electron chi connectivity index (χ1n) is 10.2. The van der Waals surface area contributed by atoms with Crippen LogP contribution in [0.1, 0.15) is 33.6 Å². The third-order valence-corrected chi connectivity index (χ3v) is 5.31. The van der Waals surface area contributed by atoms with Crippen LogP contribution in [-0.4, -0.2) is 56.9 Å². The van der Waals surface area contributed by atoms with Gasteiger partial charge in [0.05, 0.1) is 24.4 Å². The SMILES string of the molecule is N#Cc1ccc(CN2CCCN(C(=O)c3cn(Cc4ccccc4)nn3)CC2)cc1. The Morgan fingerprint density at radius 1 is 0.933 bits per heavy atom. The largest absolute Gasteiger partial charge is 0.336 e. The van der Waals surface area contributed by atoms with Crippen molar-refractivity contribution < 1.29 is 4.79 Å². The van der Waals surface area contributed by atoms with E-state index >= 15 is 0 Å². The summed E-state index contributed by atoms with van der Waals surface area (Å²) < 4.78 is 1.71. The molecule has 1 aliphatic heterocycles. The van der Waals surface area contributed by atoms with Crippen molar-refractivity contribution in [1.82, 2.24) is 24.8 Å². The zero-order valence-electron chi connectivity index (χ0n) is 16.8. The molecule has 1 aromatic heterocycles.